The molecule has 1 aromatic carbocycles. The topological polar surface area (TPSA) is 88.2 Å². The third kappa shape index (κ3) is 5.11. The zero-order valence-electron chi connectivity index (χ0n) is 19.6. The summed E-state index contributed by atoms with van der Waals surface area (Å²) in [6, 6.07) is 8.52. The molecule has 3 unspecified atom stereocenters. The van der Waals surface area contributed by atoms with Gasteiger partial charge in [-0.1, -0.05) is 12.1 Å². The van der Waals surface area contributed by atoms with Gasteiger partial charge in [0, 0.05) is 37.3 Å². The third-order valence-electron chi connectivity index (χ3n) is 6.71. The number of aromatic nitrogens is 4. The number of nitrogens with zero attached hydrogens (tertiary/aromatic N) is 4. The molecule has 4 heterocycles. The molecule has 2 aromatic heterocycles. The lowest BCUT2D eigenvalue weighted by Crippen LogP contribution is -2.37. The van der Waals surface area contributed by atoms with Crippen molar-refractivity contribution in [2.24, 2.45) is 0 Å². The first-order valence-electron chi connectivity index (χ1n) is 11.9. The van der Waals surface area contributed by atoms with Crippen LogP contribution in [-0.2, 0) is 9.47 Å². The molecule has 0 bridgehead atoms. The first-order chi connectivity index (χ1) is 16.6. The minimum atomic E-state index is -0.490. The number of ether oxygens (including phenoxy) is 2. The van der Waals surface area contributed by atoms with E-state index in [2.05, 4.69) is 56.1 Å². The molecule has 2 N–H and O–H groups in total. The Balaban J connectivity index is 1.29. The van der Waals surface area contributed by atoms with Crippen LogP contribution >= 0.6 is 0 Å². The zero-order valence-corrected chi connectivity index (χ0v) is 19.6. The maximum absolute atomic E-state index is 14.6. The quantitative estimate of drug-likeness (QED) is 0.556. The highest BCUT2D eigenvalue weighted by Gasteiger charge is 2.24. The number of morpholine rings is 1. The van der Waals surface area contributed by atoms with Crippen LogP contribution in [0.2, 0.25) is 0 Å². The second kappa shape index (κ2) is 10.2. The fourth-order valence-electron chi connectivity index (χ4n) is 4.68. The molecule has 0 spiro atoms. The molecule has 2 saturated heterocycles. The average Bonchev–Trinajstić information content (AvgIpc) is 3.36. The van der Waals surface area contributed by atoms with Crippen molar-refractivity contribution in [3.8, 4) is 11.4 Å². The second-order valence-electron chi connectivity index (χ2n) is 9.05. The van der Waals surface area contributed by atoms with E-state index in [1.807, 2.05) is 12.1 Å². The normalized spacial score (nSPS) is 22.4. The van der Waals surface area contributed by atoms with Crippen LogP contribution < -0.4 is 5.32 Å². The van der Waals surface area contributed by atoms with E-state index in [0.717, 1.165) is 50.7 Å². The van der Waals surface area contributed by atoms with Crippen LogP contribution in [-0.4, -0.2) is 63.8 Å². The number of rotatable bonds is 6. The average molecular weight is 467 g/mol. The summed E-state index contributed by atoms with van der Waals surface area (Å²) in [5, 5.41) is 3.19. The van der Waals surface area contributed by atoms with Gasteiger partial charge >= 0.3 is 0 Å². The van der Waals surface area contributed by atoms with E-state index >= 15 is 0 Å². The minimum absolute atomic E-state index is 0.196. The van der Waals surface area contributed by atoms with Gasteiger partial charge in [-0.05, 0) is 44.4 Å². The number of H-pyrrole nitrogens is 1. The van der Waals surface area contributed by atoms with Gasteiger partial charge in [0.1, 0.15) is 11.5 Å². The van der Waals surface area contributed by atoms with Crippen LogP contribution in [0.15, 0.2) is 36.7 Å². The number of hydrogen-bond donors (Lipinski definition) is 2. The number of aromatic amines is 1. The lowest BCUT2D eigenvalue weighted by atomic mass is 9.96. The molecule has 2 aliphatic heterocycles. The van der Waals surface area contributed by atoms with Gasteiger partial charge in [-0.15, -0.1) is 0 Å². The highest BCUT2D eigenvalue weighted by Crippen LogP contribution is 2.30. The van der Waals surface area contributed by atoms with Crippen molar-refractivity contribution in [2.75, 3.05) is 38.2 Å². The molecule has 5 rings (SSSR count). The monoisotopic (exact) mass is 466 g/mol. The van der Waals surface area contributed by atoms with Crippen molar-refractivity contribution in [3.63, 3.8) is 0 Å². The number of nitrogens with one attached hydrogen (secondary N) is 2. The Morgan fingerprint density at radius 1 is 1.12 bits per heavy atom. The van der Waals surface area contributed by atoms with Gasteiger partial charge < -0.3 is 19.8 Å². The van der Waals surface area contributed by atoms with Crippen molar-refractivity contribution in [3.05, 3.63) is 53.9 Å². The Hall–Kier alpha value is -2.88. The van der Waals surface area contributed by atoms with Gasteiger partial charge in [-0.3, -0.25) is 4.90 Å². The van der Waals surface area contributed by atoms with E-state index < -0.39 is 5.82 Å². The van der Waals surface area contributed by atoms with Gasteiger partial charge in [0.25, 0.3) is 0 Å². The molecule has 3 aromatic rings. The summed E-state index contributed by atoms with van der Waals surface area (Å²) in [6.45, 7) is 8.42. The van der Waals surface area contributed by atoms with Gasteiger partial charge in [0.15, 0.2) is 5.82 Å². The number of benzene rings is 1. The van der Waals surface area contributed by atoms with Crippen molar-refractivity contribution in [1.29, 1.82) is 0 Å². The van der Waals surface area contributed by atoms with Gasteiger partial charge in [-0.25, -0.2) is 19.3 Å². The molecule has 0 aliphatic carbocycles. The molecular weight excluding hydrogens is 435 g/mol. The molecule has 0 radical (unpaired) electrons. The SMILES string of the molecule is CC1CC(c2ncc(-c3nc(Nc4ccc(C(C)N5CCOCC5)cc4)ncc3F)[nH]2)CCO1. The number of hydrogen-bond acceptors (Lipinski definition) is 7. The van der Waals surface area contributed by atoms with E-state index in [1.165, 1.54) is 11.8 Å². The molecule has 180 valence electrons. The number of anilines is 2. The maximum atomic E-state index is 14.6. The summed E-state index contributed by atoms with van der Waals surface area (Å²) in [7, 11) is 0. The van der Waals surface area contributed by atoms with E-state index in [1.54, 1.807) is 6.20 Å². The van der Waals surface area contributed by atoms with Crippen LogP contribution in [0.4, 0.5) is 16.0 Å². The van der Waals surface area contributed by atoms with Crippen molar-refractivity contribution in [2.45, 2.75) is 44.8 Å². The first kappa shape index (κ1) is 22.9. The Morgan fingerprint density at radius 2 is 1.91 bits per heavy atom. The molecule has 2 aliphatic rings. The van der Waals surface area contributed by atoms with Gasteiger partial charge in [-0.2, -0.15) is 0 Å². The Labute approximate surface area is 198 Å². The van der Waals surface area contributed by atoms with Gasteiger partial charge in [0.05, 0.1) is 37.4 Å². The number of halogens is 1. The summed E-state index contributed by atoms with van der Waals surface area (Å²) in [4.78, 5) is 18.7. The van der Waals surface area contributed by atoms with E-state index in [0.29, 0.717) is 24.3 Å². The van der Waals surface area contributed by atoms with Crippen LogP contribution in [0.3, 0.4) is 0 Å². The molecule has 9 heteroatoms. The first-order valence-corrected chi connectivity index (χ1v) is 11.9. The highest BCUT2D eigenvalue weighted by molar-refractivity contribution is 5.59. The number of imidazole rings is 1. The summed E-state index contributed by atoms with van der Waals surface area (Å²) in [5.74, 6) is 0.970. The van der Waals surface area contributed by atoms with Crippen molar-refractivity contribution >= 4 is 11.6 Å². The Morgan fingerprint density at radius 3 is 2.68 bits per heavy atom. The van der Waals surface area contributed by atoms with Crippen LogP contribution in [0.1, 0.15) is 50.0 Å². The zero-order chi connectivity index (χ0) is 23.5. The molecular formula is C25H31FN6O2. The predicted molar refractivity (Wildman–Crippen MR) is 127 cm³/mol. The standard InChI is InChI=1S/C25H31FN6O2/c1-16-13-19(7-10-34-16)24-27-15-22(30-24)23-21(26)14-28-25(31-23)29-20-5-3-18(4-6-20)17(2)32-8-11-33-12-9-32/h3-6,14-17,19H,7-13H2,1-2H3,(H,27,30)(H,28,29,31). The lowest BCUT2D eigenvalue weighted by molar-refractivity contribution is 0.0174. The molecule has 34 heavy (non-hydrogen) atoms. The summed E-state index contributed by atoms with van der Waals surface area (Å²) in [6.07, 6.45) is 4.83. The largest absolute Gasteiger partial charge is 0.379 e. The third-order valence-corrected chi connectivity index (χ3v) is 6.71. The van der Waals surface area contributed by atoms with Crippen LogP contribution in [0, 0.1) is 5.82 Å². The molecule has 8 nitrogen and oxygen atoms in total. The molecule has 0 amide bonds. The van der Waals surface area contributed by atoms with Crippen LogP contribution in [0.25, 0.3) is 11.4 Å². The predicted octanol–water partition coefficient (Wildman–Crippen LogP) is 4.43. The van der Waals surface area contributed by atoms with Crippen molar-refractivity contribution in [1.82, 2.24) is 24.8 Å². The van der Waals surface area contributed by atoms with E-state index in [-0.39, 0.29) is 17.7 Å². The lowest BCUT2D eigenvalue weighted by Gasteiger charge is -2.32. The Bertz CT molecular complexity index is 1100. The van der Waals surface area contributed by atoms with Crippen molar-refractivity contribution < 1.29 is 13.9 Å². The summed E-state index contributed by atoms with van der Waals surface area (Å²) >= 11 is 0. The summed E-state index contributed by atoms with van der Waals surface area (Å²) in [5.41, 5.74) is 2.83. The second-order valence-corrected chi connectivity index (χ2v) is 9.05. The molecule has 3 atom stereocenters. The van der Waals surface area contributed by atoms with Crippen LogP contribution in [0.5, 0.6) is 0 Å². The fraction of sp³-hybridized carbons (Fsp3) is 0.480. The van der Waals surface area contributed by atoms with E-state index in [9.17, 15) is 4.39 Å². The fourth-order valence-corrected chi connectivity index (χ4v) is 4.68. The van der Waals surface area contributed by atoms with Gasteiger partial charge in [0.2, 0.25) is 5.95 Å². The Kier molecular flexibility index (Phi) is 6.85. The van der Waals surface area contributed by atoms with E-state index in [4.69, 9.17) is 9.47 Å². The molecule has 2 fully saturated rings. The smallest absolute Gasteiger partial charge is 0.227 e. The minimum Gasteiger partial charge on any atom is -0.379 e. The highest BCUT2D eigenvalue weighted by atomic mass is 19.1. The maximum Gasteiger partial charge on any atom is 0.227 e. The summed E-state index contributed by atoms with van der Waals surface area (Å²) < 4.78 is 25.7. The molecule has 0 saturated carbocycles.